The van der Waals surface area contributed by atoms with E-state index < -0.39 is 16.2 Å². The molecule has 1 aliphatic rings. The number of aliphatic hydroxyl groups excluding tert-OH is 1. The van der Waals surface area contributed by atoms with E-state index in [1.807, 2.05) is 0 Å². The van der Waals surface area contributed by atoms with Crippen LogP contribution in [0.3, 0.4) is 0 Å². The summed E-state index contributed by atoms with van der Waals surface area (Å²) in [7, 11) is -4.21. The fraction of sp³-hybridized carbons (Fsp3) is 0.353. The number of aryl methyl sites for hydroxylation is 1. The highest BCUT2D eigenvalue weighted by atomic mass is 32.2. The molecule has 9 heteroatoms. The predicted octanol–water partition coefficient (Wildman–Crippen LogP) is 0.927. The molecule has 8 nitrogen and oxygen atoms in total. The third-order valence-corrected chi connectivity index (χ3v) is 5.11. The van der Waals surface area contributed by atoms with Gasteiger partial charge in [0.2, 0.25) is 0 Å². The van der Waals surface area contributed by atoms with Gasteiger partial charge in [0.15, 0.2) is 0 Å². The summed E-state index contributed by atoms with van der Waals surface area (Å²) in [6, 6.07) is 7.68. The van der Waals surface area contributed by atoms with Crippen LogP contribution < -0.4 is 15.8 Å². The van der Waals surface area contributed by atoms with Gasteiger partial charge in [0.25, 0.3) is 10.1 Å². The first-order valence-electron chi connectivity index (χ1n) is 8.20. The summed E-state index contributed by atoms with van der Waals surface area (Å²) in [5.41, 5.74) is 6.96. The van der Waals surface area contributed by atoms with Crippen molar-refractivity contribution in [2.45, 2.75) is 29.9 Å². The lowest BCUT2D eigenvalue weighted by molar-refractivity contribution is 0.146. The molecule has 0 fully saturated rings. The third-order valence-electron chi connectivity index (χ3n) is 4.26. The van der Waals surface area contributed by atoms with Crippen LogP contribution >= 0.6 is 0 Å². The molecular formula is C17H21N3O5S. The molecule has 5 N–H and O–H groups in total. The number of hydrogen-bond acceptors (Lipinski definition) is 7. The smallest absolute Gasteiger partial charge is 0.294 e. The normalized spacial score (nSPS) is 18.0. The number of nitrogens with zero attached hydrogens (tertiary/aromatic N) is 1. The van der Waals surface area contributed by atoms with Crippen molar-refractivity contribution in [1.29, 1.82) is 0 Å². The molecule has 0 radical (unpaired) electrons. The van der Waals surface area contributed by atoms with E-state index >= 15 is 0 Å². The van der Waals surface area contributed by atoms with E-state index in [0.717, 1.165) is 5.56 Å². The molecule has 0 aliphatic carbocycles. The summed E-state index contributed by atoms with van der Waals surface area (Å²) in [6.45, 7) is 0.888. The molecule has 0 bridgehead atoms. The SMILES string of the molecule is Nc1ccc(C(O)CNC[C@@H]2CCc3cc(S(=O)(=O)O)ccc3O2)cn1. The number of benzene rings is 1. The van der Waals surface area contributed by atoms with Crippen LogP contribution in [0.2, 0.25) is 0 Å². The van der Waals surface area contributed by atoms with Crippen LogP contribution in [0.1, 0.15) is 23.7 Å². The number of rotatable bonds is 6. The molecule has 2 atom stereocenters. The Labute approximate surface area is 151 Å². The van der Waals surface area contributed by atoms with Gasteiger partial charge in [-0.3, -0.25) is 4.55 Å². The highest BCUT2D eigenvalue weighted by Crippen LogP contribution is 2.29. The molecule has 2 aromatic rings. The molecule has 0 amide bonds. The number of nitrogens with one attached hydrogen (secondary N) is 1. The second-order valence-electron chi connectivity index (χ2n) is 6.21. The lowest BCUT2D eigenvalue weighted by atomic mass is 10.0. The Morgan fingerprint density at radius 1 is 1.35 bits per heavy atom. The van der Waals surface area contributed by atoms with Crippen LogP contribution in [-0.2, 0) is 16.5 Å². The first kappa shape index (κ1) is 18.6. The molecule has 1 aromatic carbocycles. The second kappa shape index (κ2) is 7.58. The molecule has 2 heterocycles. The van der Waals surface area contributed by atoms with Crippen LogP contribution in [0.15, 0.2) is 41.4 Å². The Morgan fingerprint density at radius 2 is 2.15 bits per heavy atom. The maximum Gasteiger partial charge on any atom is 0.294 e. The Bertz CT molecular complexity index is 870. The van der Waals surface area contributed by atoms with Gasteiger partial charge >= 0.3 is 0 Å². The summed E-state index contributed by atoms with van der Waals surface area (Å²) in [6.07, 6.45) is 2.11. The highest BCUT2D eigenvalue weighted by molar-refractivity contribution is 7.85. The van der Waals surface area contributed by atoms with E-state index in [4.69, 9.17) is 15.0 Å². The zero-order valence-corrected chi connectivity index (χ0v) is 14.8. The Balaban J connectivity index is 1.52. The molecule has 0 saturated heterocycles. The minimum Gasteiger partial charge on any atom is -0.489 e. The fourth-order valence-corrected chi connectivity index (χ4v) is 3.37. The molecule has 140 valence electrons. The number of pyridine rings is 1. The van der Waals surface area contributed by atoms with Gasteiger partial charge in [0, 0.05) is 24.8 Å². The van der Waals surface area contributed by atoms with Crippen LogP contribution in [-0.4, -0.2) is 42.3 Å². The van der Waals surface area contributed by atoms with Gasteiger partial charge in [-0.15, -0.1) is 0 Å². The van der Waals surface area contributed by atoms with E-state index in [-0.39, 0.29) is 11.0 Å². The van der Waals surface area contributed by atoms with Crippen LogP contribution in [0.4, 0.5) is 5.82 Å². The molecule has 1 aliphatic heterocycles. The number of aliphatic hydroxyl groups is 1. The summed E-state index contributed by atoms with van der Waals surface area (Å²) in [5, 5.41) is 13.3. The van der Waals surface area contributed by atoms with Crippen LogP contribution in [0, 0.1) is 0 Å². The van der Waals surface area contributed by atoms with Gasteiger partial charge in [-0.05, 0) is 42.7 Å². The maximum absolute atomic E-state index is 11.2. The monoisotopic (exact) mass is 379 g/mol. The Hall–Kier alpha value is -2.20. The number of nitrogen functional groups attached to an aromatic ring is 1. The van der Waals surface area contributed by atoms with Gasteiger partial charge in [0.05, 0.1) is 11.0 Å². The standard InChI is InChI=1S/C17H21N3O5S/c18-17-6-2-12(8-20-17)15(21)10-19-9-13-3-1-11-7-14(26(22,23)24)4-5-16(11)25-13/h2,4-8,13,15,19,21H,1,3,9-10H2,(H2,18,20)(H,22,23,24)/t13-,15?/m0/s1. The Morgan fingerprint density at radius 3 is 2.85 bits per heavy atom. The Kier molecular flexibility index (Phi) is 5.42. The molecule has 3 rings (SSSR count). The minimum atomic E-state index is -4.21. The molecule has 0 saturated carbocycles. The van der Waals surface area contributed by atoms with Crippen LogP contribution in [0.5, 0.6) is 5.75 Å². The fourth-order valence-electron chi connectivity index (χ4n) is 2.84. The lowest BCUT2D eigenvalue weighted by Gasteiger charge is -2.27. The van der Waals surface area contributed by atoms with Crippen molar-refractivity contribution in [2.24, 2.45) is 0 Å². The van der Waals surface area contributed by atoms with E-state index in [2.05, 4.69) is 10.3 Å². The van der Waals surface area contributed by atoms with Crippen molar-refractivity contribution in [3.63, 3.8) is 0 Å². The first-order chi connectivity index (χ1) is 12.3. The van der Waals surface area contributed by atoms with E-state index in [9.17, 15) is 13.5 Å². The summed E-state index contributed by atoms with van der Waals surface area (Å²) >= 11 is 0. The van der Waals surface area contributed by atoms with Gasteiger partial charge in [-0.25, -0.2) is 4.98 Å². The number of ether oxygens (including phenoxy) is 1. The largest absolute Gasteiger partial charge is 0.489 e. The van der Waals surface area contributed by atoms with Gasteiger partial charge in [-0.2, -0.15) is 8.42 Å². The van der Waals surface area contributed by atoms with E-state index in [1.54, 1.807) is 24.4 Å². The predicted molar refractivity (Wildman–Crippen MR) is 95.5 cm³/mol. The van der Waals surface area contributed by atoms with E-state index in [1.165, 1.54) is 12.1 Å². The van der Waals surface area contributed by atoms with Crippen molar-refractivity contribution < 1.29 is 22.8 Å². The summed E-state index contributed by atoms with van der Waals surface area (Å²) in [5.74, 6) is 1.01. The van der Waals surface area contributed by atoms with Crippen molar-refractivity contribution in [3.05, 3.63) is 47.7 Å². The average Bonchev–Trinajstić information content (AvgIpc) is 2.61. The topological polar surface area (TPSA) is 135 Å². The number of fused-ring (bicyclic) bond motifs is 1. The maximum atomic E-state index is 11.2. The molecule has 0 spiro atoms. The lowest BCUT2D eigenvalue weighted by Crippen LogP contribution is -2.36. The number of aromatic nitrogens is 1. The average molecular weight is 379 g/mol. The number of anilines is 1. The summed E-state index contributed by atoms with van der Waals surface area (Å²) in [4.78, 5) is 3.82. The zero-order chi connectivity index (χ0) is 18.7. The first-order valence-corrected chi connectivity index (χ1v) is 9.64. The van der Waals surface area contributed by atoms with Crippen molar-refractivity contribution in [3.8, 4) is 5.75 Å². The third kappa shape index (κ3) is 4.50. The molecular weight excluding hydrogens is 358 g/mol. The number of nitrogens with two attached hydrogens (primary N) is 1. The zero-order valence-electron chi connectivity index (χ0n) is 14.0. The minimum absolute atomic E-state index is 0.0872. The molecule has 26 heavy (non-hydrogen) atoms. The molecule has 1 aromatic heterocycles. The van der Waals surface area contributed by atoms with Crippen LogP contribution in [0.25, 0.3) is 0 Å². The summed E-state index contributed by atoms with van der Waals surface area (Å²) < 4.78 is 37.3. The highest BCUT2D eigenvalue weighted by Gasteiger charge is 2.22. The number of hydrogen-bond donors (Lipinski definition) is 4. The quantitative estimate of drug-likeness (QED) is 0.545. The van der Waals surface area contributed by atoms with Crippen molar-refractivity contribution >= 4 is 15.9 Å². The molecule has 1 unspecified atom stereocenters. The second-order valence-corrected chi connectivity index (χ2v) is 7.64. The van der Waals surface area contributed by atoms with Gasteiger partial charge in [-0.1, -0.05) is 6.07 Å². The van der Waals surface area contributed by atoms with Gasteiger partial charge < -0.3 is 20.9 Å². The van der Waals surface area contributed by atoms with Crippen molar-refractivity contribution in [2.75, 3.05) is 18.8 Å². The van der Waals surface area contributed by atoms with Crippen molar-refractivity contribution in [1.82, 2.24) is 10.3 Å². The van der Waals surface area contributed by atoms with E-state index in [0.29, 0.717) is 43.1 Å². The van der Waals surface area contributed by atoms with Gasteiger partial charge in [0.1, 0.15) is 17.7 Å².